The van der Waals surface area contributed by atoms with Gasteiger partial charge in [-0.3, -0.25) is 0 Å². The van der Waals surface area contributed by atoms with Gasteiger partial charge in [0.2, 0.25) is 0 Å². The van der Waals surface area contributed by atoms with Crippen LogP contribution >= 0.6 is 11.3 Å². The number of nitrogens with zero attached hydrogens (tertiary/aromatic N) is 2. The van der Waals surface area contributed by atoms with Crippen molar-refractivity contribution in [1.29, 1.82) is 0 Å². The Morgan fingerprint density at radius 2 is 0.985 bits per heavy atom. The minimum absolute atomic E-state index is 0.265. The highest BCUT2D eigenvalue weighted by Crippen LogP contribution is 2.53. The lowest BCUT2D eigenvalue weighted by molar-refractivity contribution is 0.660. The predicted octanol–water partition coefficient (Wildman–Crippen LogP) is 17.9. The van der Waals surface area contributed by atoms with Crippen molar-refractivity contribution in [2.75, 3.05) is 4.90 Å². The van der Waals surface area contributed by atoms with E-state index in [-0.39, 0.29) is 5.41 Å². The van der Waals surface area contributed by atoms with Gasteiger partial charge in [0.15, 0.2) is 0 Å². The quantitative estimate of drug-likeness (QED) is 0.155. The highest BCUT2D eigenvalue weighted by molar-refractivity contribution is 7.26. The summed E-state index contributed by atoms with van der Waals surface area (Å²) < 4.78 is 4.98. The molecule has 10 aromatic carbocycles. The zero-order chi connectivity index (χ0) is 43.9. The summed E-state index contributed by atoms with van der Waals surface area (Å²) in [5.74, 6) is 0. The minimum Gasteiger partial charge on any atom is -0.309 e. The Kier molecular flexibility index (Phi) is 8.78. The minimum atomic E-state index is -0.265. The molecular weight excluding hydrogens is 817 g/mol. The highest BCUT2D eigenvalue weighted by Gasteiger charge is 2.37. The molecule has 312 valence electrons. The Hall–Kier alpha value is -7.98. The molecule has 0 saturated carbocycles. The predicted molar refractivity (Wildman–Crippen MR) is 282 cm³/mol. The van der Waals surface area contributed by atoms with Crippen LogP contribution in [0.15, 0.2) is 231 Å². The molecule has 0 spiro atoms. The van der Waals surface area contributed by atoms with Crippen LogP contribution in [-0.2, 0) is 5.41 Å². The summed E-state index contributed by atoms with van der Waals surface area (Å²) in [5.41, 5.74) is 19.3. The third-order valence-electron chi connectivity index (χ3n) is 14.0. The molecule has 2 nitrogen and oxygen atoms in total. The van der Waals surface area contributed by atoms with E-state index in [1.165, 1.54) is 109 Å². The van der Waals surface area contributed by atoms with Crippen LogP contribution in [0, 0.1) is 0 Å². The first-order valence-corrected chi connectivity index (χ1v) is 23.6. The number of para-hydroxylation sites is 2. The first kappa shape index (κ1) is 38.5. The maximum atomic E-state index is 2.52. The Morgan fingerprint density at radius 1 is 0.394 bits per heavy atom. The van der Waals surface area contributed by atoms with Crippen molar-refractivity contribution in [3.05, 3.63) is 242 Å². The topological polar surface area (TPSA) is 8.17 Å². The van der Waals surface area contributed by atoms with Crippen LogP contribution in [0.1, 0.15) is 25.0 Å². The zero-order valence-corrected chi connectivity index (χ0v) is 37.6. The van der Waals surface area contributed by atoms with E-state index in [9.17, 15) is 0 Å². The van der Waals surface area contributed by atoms with E-state index in [1.807, 2.05) is 11.3 Å². The van der Waals surface area contributed by atoms with Crippen LogP contribution in [0.5, 0.6) is 0 Å². The molecule has 2 aromatic heterocycles. The van der Waals surface area contributed by atoms with E-state index in [2.05, 4.69) is 254 Å². The van der Waals surface area contributed by atoms with E-state index in [4.69, 9.17) is 0 Å². The molecule has 0 radical (unpaired) electrons. The fraction of sp³-hybridized carbons (Fsp3) is 0.0476. The highest BCUT2D eigenvalue weighted by atomic mass is 32.1. The summed E-state index contributed by atoms with van der Waals surface area (Å²) in [6, 6.07) is 85.1. The lowest BCUT2D eigenvalue weighted by Gasteiger charge is -2.29. The fourth-order valence-corrected chi connectivity index (χ4v) is 12.0. The monoisotopic (exact) mass is 860 g/mol. The largest absolute Gasteiger partial charge is 0.309 e. The van der Waals surface area contributed by atoms with E-state index in [0.29, 0.717) is 0 Å². The van der Waals surface area contributed by atoms with Crippen LogP contribution in [0.2, 0.25) is 0 Å². The van der Waals surface area contributed by atoms with Gasteiger partial charge >= 0.3 is 0 Å². The first-order chi connectivity index (χ1) is 32.5. The fourth-order valence-electron chi connectivity index (χ4n) is 10.8. The van der Waals surface area contributed by atoms with Crippen molar-refractivity contribution < 1.29 is 0 Å². The molecule has 13 rings (SSSR count). The Labute approximate surface area is 388 Å². The number of hydrogen-bond donors (Lipinski definition) is 0. The van der Waals surface area contributed by atoms with Crippen molar-refractivity contribution in [2.24, 2.45) is 0 Å². The van der Waals surface area contributed by atoms with Crippen LogP contribution < -0.4 is 4.90 Å². The second-order valence-corrected chi connectivity index (χ2v) is 19.1. The molecule has 0 amide bonds. The van der Waals surface area contributed by atoms with Crippen molar-refractivity contribution >= 4 is 70.4 Å². The molecule has 0 N–H and O–H groups in total. The van der Waals surface area contributed by atoms with Gasteiger partial charge in [-0.05, 0) is 128 Å². The lowest BCUT2D eigenvalue weighted by atomic mass is 9.81. The van der Waals surface area contributed by atoms with Gasteiger partial charge in [-0.25, -0.2) is 0 Å². The third kappa shape index (κ3) is 6.01. The third-order valence-corrected chi connectivity index (χ3v) is 15.2. The smallest absolute Gasteiger partial charge is 0.0640 e. The first-order valence-electron chi connectivity index (χ1n) is 22.8. The summed E-state index contributed by atoms with van der Waals surface area (Å²) in [6.45, 7) is 4.82. The second kappa shape index (κ2) is 15.1. The number of hydrogen-bond acceptors (Lipinski definition) is 2. The second-order valence-electron chi connectivity index (χ2n) is 18.1. The molecule has 0 unspecified atom stereocenters. The van der Waals surface area contributed by atoms with Gasteiger partial charge in [-0.15, -0.1) is 11.3 Å². The molecule has 0 aliphatic heterocycles. The van der Waals surface area contributed by atoms with E-state index in [1.54, 1.807) is 0 Å². The number of fused-ring (bicyclic) bond motifs is 9. The van der Waals surface area contributed by atoms with Crippen LogP contribution in [0.4, 0.5) is 17.1 Å². The van der Waals surface area contributed by atoms with Crippen LogP contribution in [0.25, 0.3) is 92.2 Å². The summed E-state index contributed by atoms with van der Waals surface area (Å²) >= 11 is 1.88. The summed E-state index contributed by atoms with van der Waals surface area (Å²) in [7, 11) is 0. The van der Waals surface area contributed by atoms with Crippen molar-refractivity contribution in [1.82, 2.24) is 4.57 Å². The maximum Gasteiger partial charge on any atom is 0.0640 e. The van der Waals surface area contributed by atoms with Crippen molar-refractivity contribution in [3.63, 3.8) is 0 Å². The normalized spacial score (nSPS) is 12.8. The van der Waals surface area contributed by atoms with Gasteiger partial charge < -0.3 is 9.47 Å². The molecule has 3 heteroatoms. The molecule has 0 bridgehead atoms. The SMILES string of the molecule is CC1(C)c2cc(-c3cccc4c3c3ccccc3n4-c3ccccc3)ccc2-c2ccc(N(c3cc(-c4ccccc4)cc(-c4ccccc4)c3)c3cccc4c3sc3ccccc34)cc21. The summed E-state index contributed by atoms with van der Waals surface area (Å²) in [5, 5.41) is 5.12. The Balaban J connectivity index is 0.993. The van der Waals surface area contributed by atoms with Gasteiger partial charge in [-0.1, -0.05) is 172 Å². The van der Waals surface area contributed by atoms with E-state index >= 15 is 0 Å². The summed E-state index contributed by atoms with van der Waals surface area (Å²) in [6.07, 6.45) is 0. The molecule has 66 heavy (non-hydrogen) atoms. The van der Waals surface area contributed by atoms with Gasteiger partial charge in [-0.2, -0.15) is 0 Å². The molecule has 0 atom stereocenters. The average Bonchev–Trinajstić information content (AvgIpc) is 4.00. The standard InChI is InChI=1S/C63H44N2S/c1-63(2)55-39-43(49-26-16-29-58-61(49)54-25-12-14-28-57(54)65(58)46-22-10-5-11-23-46)32-34-50(55)51-35-33-47(40-56(51)63)64(59-30-17-27-53-52-24-13-15-31-60(52)66-62(53)59)48-37-44(41-18-6-3-7-19-41)36-45(38-48)42-20-8-4-9-21-42/h3-40H,1-2H3. The van der Waals surface area contributed by atoms with Crippen molar-refractivity contribution in [2.45, 2.75) is 19.3 Å². The lowest BCUT2D eigenvalue weighted by Crippen LogP contribution is -2.17. The Bertz CT molecular complexity index is 3780. The molecule has 1 aliphatic rings. The summed E-state index contributed by atoms with van der Waals surface area (Å²) in [4.78, 5) is 2.52. The average molecular weight is 861 g/mol. The number of aromatic nitrogens is 1. The number of rotatable bonds is 7. The number of thiophene rings is 1. The maximum absolute atomic E-state index is 2.52. The van der Waals surface area contributed by atoms with Crippen LogP contribution in [-0.4, -0.2) is 4.57 Å². The van der Waals surface area contributed by atoms with Gasteiger partial charge in [0.25, 0.3) is 0 Å². The molecule has 1 aliphatic carbocycles. The van der Waals surface area contributed by atoms with Crippen LogP contribution in [0.3, 0.4) is 0 Å². The Morgan fingerprint density at radius 3 is 1.73 bits per heavy atom. The van der Waals surface area contributed by atoms with Gasteiger partial charge in [0.1, 0.15) is 0 Å². The van der Waals surface area contributed by atoms with Gasteiger partial charge in [0.05, 0.1) is 21.4 Å². The van der Waals surface area contributed by atoms with E-state index < -0.39 is 0 Å². The number of benzene rings is 10. The van der Waals surface area contributed by atoms with E-state index in [0.717, 1.165) is 11.4 Å². The van der Waals surface area contributed by atoms with Crippen molar-refractivity contribution in [3.8, 4) is 50.2 Å². The molecule has 12 aromatic rings. The molecular formula is C63H44N2S. The van der Waals surface area contributed by atoms with Gasteiger partial charge in [0, 0.05) is 48.7 Å². The molecule has 2 heterocycles. The number of anilines is 3. The molecule has 0 saturated heterocycles. The zero-order valence-electron chi connectivity index (χ0n) is 36.7. The molecule has 0 fully saturated rings.